The van der Waals surface area contributed by atoms with Crippen LogP contribution in [0, 0.1) is 3.57 Å². The molecule has 5 heteroatoms. The quantitative estimate of drug-likeness (QED) is 0.630. The van der Waals surface area contributed by atoms with Crippen molar-refractivity contribution in [3.05, 3.63) is 27.8 Å². The molecule has 0 unspecified atom stereocenters. The van der Waals surface area contributed by atoms with E-state index in [1.54, 1.807) is 0 Å². The molecule has 1 rings (SSSR count). The average molecular weight is 377 g/mol. The standard InChI is InChI=1S/C14H20INO3/c1-14(2,3)19-13(17)16-9-4-10-18-12-7-5-11(15)6-8-12/h5-8H,4,9-10H2,1-3H3,(H,16,17). The van der Waals surface area contributed by atoms with E-state index in [-0.39, 0.29) is 6.09 Å². The van der Waals surface area contributed by atoms with Crippen molar-refractivity contribution in [3.63, 3.8) is 0 Å². The van der Waals surface area contributed by atoms with Gasteiger partial charge in [-0.2, -0.15) is 0 Å². The highest BCUT2D eigenvalue weighted by atomic mass is 127. The second kappa shape index (κ2) is 7.57. The second-order valence-corrected chi connectivity index (χ2v) is 6.33. The van der Waals surface area contributed by atoms with Crippen molar-refractivity contribution in [3.8, 4) is 5.75 Å². The minimum absolute atomic E-state index is 0.387. The predicted octanol–water partition coefficient (Wildman–Crippen LogP) is 3.58. The third-order valence-electron chi connectivity index (χ3n) is 2.07. The number of ether oxygens (including phenoxy) is 2. The van der Waals surface area contributed by atoms with Crippen LogP contribution in [0.1, 0.15) is 27.2 Å². The van der Waals surface area contributed by atoms with E-state index >= 15 is 0 Å². The highest BCUT2D eigenvalue weighted by Crippen LogP contribution is 2.13. The molecular formula is C14H20INO3. The molecule has 1 aromatic rings. The maximum Gasteiger partial charge on any atom is 0.407 e. The van der Waals surface area contributed by atoms with Crippen molar-refractivity contribution >= 4 is 28.7 Å². The third kappa shape index (κ3) is 7.92. The fourth-order valence-corrected chi connectivity index (χ4v) is 1.66. The van der Waals surface area contributed by atoms with Crippen LogP contribution in [0.15, 0.2) is 24.3 Å². The molecule has 1 amide bonds. The number of carbonyl (C=O) groups excluding carboxylic acids is 1. The van der Waals surface area contributed by atoms with Crippen LogP contribution >= 0.6 is 22.6 Å². The molecule has 0 saturated carbocycles. The molecule has 0 heterocycles. The summed E-state index contributed by atoms with van der Waals surface area (Å²) in [5, 5.41) is 2.69. The summed E-state index contributed by atoms with van der Waals surface area (Å²) in [6.45, 7) is 6.63. The molecule has 0 aliphatic carbocycles. The summed E-state index contributed by atoms with van der Waals surface area (Å²) in [6.07, 6.45) is 0.354. The van der Waals surface area contributed by atoms with E-state index in [9.17, 15) is 4.79 Å². The van der Waals surface area contributed by atoms with Gasteiger partial charge in [-0.05, 0) is 74.0 Å². The van der Waals surface area contributed by atoms with Crippen LogP contribution in [0.2, 0.25) is 0 Å². The maximum absolute atomic E-state index is 11.4. The van der Waals surface area contributed by atoms with Crippen molar-refractivity contribution < 1.29 is 14.3 Å². The molecule has 106 valence electrons. The highest BCUT2D eigenvalue weighted by molar-refractivity contribution is 14.1. The van der Waals surface area contributed by atoms with Gasteiger partial charge in [0, 0.05) is 10.1 Å². The Morgan fingerprint density at radius 3 is 2.47 bits per heavy atom. The average Bonchev–Trinajstić information content (AvgIpc) is 2.29. The van der Waals surface area contributed by atoms with Crippen LogP contribution in [0.25, 0.3) is 0 Å². The van der Waals surface area contributed by atoms with Crippen molar-refractivity contribution in [2.24, 2.45) is 0 Å². The molecule has 0 radical (unpaired) electrons. The molecule has 1 N–H and O–H groups in total. The number of rotatable bonds is 5. The summed E-state index contributed by atoms with van der Waals surface area (Å²) in [5.74, 6) is 0.845. The largest absolute Gasteiger partial charge is 0.494 e. The van der Waals surface area contributed by atoms with Crippen molar-refractivity contribution in [2.75, 3.05) is 13.2 Å². The van der Waals surface area contributed by atoms with Gasteiger partial charge in [0.2, 0.25) is 0 Å². The van der Waals surface area contributed by atoms with Crippen LogP contribution in [-0.2, 0) is 4.74 Å². The molecule has 0 bridgehead atoms. The number of amides is 1. The number of benzene rings is 1. The number of carbonyl (C=O) groups is 1. The Balaban J connectivity index is 2.11. The van der Waals surface area contributed by atoms with Crippen LogP contribution in [0.5, 0.6) is 5.75 Å². The smallest absolute Gasteiger partial charge is 0.407 e. The lowest BCUT2D eigenvalue weighted by Crippen LogP contribution is -2.33. The van der Waals surface area contributed by atoms with Gasteiger partial charge in [0.25, 0.3) is 0 Å². The zero-order chi connectivity index (χ0) is 14.3. The Morgan fingerprint density at radius 1 is 1.26 bits per heavy atom. The van der Waals surface area contributed by atoms with E-state index < -0.39 is 5.60 Å². The van der Waals surface area contributed by atoms with Gasteiger partial charge in [-0.1, -0.05) is 0 Å². The van der Waals surface area contributed by atoms with Crippen LogP contribution < -0.4 is 10.1 Å². The molecule has 0 spiro atoms. The lowest BCUT2D eigenvalue weighted by Gasteiger charge is -2.19. The Hall–Kier alpha value is -0.980. The molecular weight excluding hydrogens is 357 g/mol. The number of alkyl carbamates (subject to hydrolysis) is 1. The van der Waals surface area contributed by atoms with Crippen LogP contribution in [-0.4, -0.2) is 24.8 Å². The maximum atomic E-state index is 11.4. The van der Waals surface area contributed by atoms with Gasteiger partial charge in [0.05, 0.1) is 6.61 Å². The predicted molar refractivity (Wildman–Crippen MR) is 83.5 cm³/mol. The number of nitrogens with one attached hydrogen (secondary N) is 1. The summed E-state index contributed by atoms with van der Waals surface area (Å²) >= 11 is 2.25. The van der Waals surface area contributed by atoms with Crippen molar-refractivity contribution in [1.29, 1.82) is 0 Å². The first-order valence-corrected chi connectivity index (χ1v) is 7.30. The summed E-state index contributed by atoms with van der Waals surface area (Å²) in [4.78, 5) is 11.4. The summed E-state index contributed by atoms with van der Waals surface area (Å²) < 4.78 is 11.8. The van der Waals surface area contributed by atoms with Gasteiger partial charge in [0.15, 0.2) is 0 Å². The molecule has 0 fully saturated rings. The number of hydrogen-bond donors (Lipinski definition) is 1. The van der Waals surface area contributed by atoms with Crippen molar-refractivity contribution in [2.45, 2.75) is 32.8 Å². The SMILES string of the molecule is CC(C)(C)OC(=O)NCCCOc1ccc(I)cc1. The molecule has 1 aromatic carbocycles. The van der Waals surface area contributed by atoms with Crippen LogP contribution in [0.4, 0.5) is 4.79 Å². The van der Waals surface area contributed by atoms with Crippen LogP contribution in [0.3, 0.4) is 0 Å². The molecule has 0 aliphatic heterocycles. The Morgan fingerprint density at radius 2 is 1.89 bits per heavy atom. The fraction of sp³-hybridized carbons (Fsp3) is 0.500. The second-order valence-electron chi connectivity index (χ2n) is 5.08. The summed E-state index contributed by atoms with van der Waals surface area (Å²) in [5.41, 5.74) is -0.457. The molecule has 0 saturated heterocycles. The van der Waals surface area contributed by atoms with E-state index in [0.29, 0.717) is 13.2 Å². The molecule has 0 aromatic heterocycles. The lowest BCUT2D eigenvalue weighted by molar-refractivity contribution is 0.0525. The van der Waals surface area contributed by atoms with Crippen molar-refractivity contribution in [1.82, 2.24) is 5.32 Å². The third-order valence-corrected chi connectivity index (χ3v) is 2.79. The molecule has 0 aliphatic rings. The monoisotopic (exact) mass is 377 g/mol. The van der Waals surface area contributed by atoms with Gasteiger partial charge in [-0.25, -0.2) is 4.79 Å². The van der Waals surface area contributed by atoms with Gasteiger partial charge >= 0.3 is 6.09 Å². The van der Waals surface area contributed by atoms with E-state index in [1.165, 1.54) is 3.57 Å². The van der Waals surface area contributed by atoms with E-state index in [4.69, 9.17) is 9.47 Å². The fourth-order valence-electron chi connectivity index (χ4n) is 1.30. The van der Waals surface area contributed by atoms with E-state index in [0.717, 1.165) is 12.2 Å². The van der Waals surface area contributed by atoms with E-state index in [2.05, 4.69) is 27.9 Å². The normalized spacial score (nSPS) is 10.9. The van der Waals surface area contributed by atoms with Gasteiger partial charge < -0.3 is 14.8 Å². The minimum atomic E-state index is -0.457. The van der Waals surface area contributed by atoms with Gasteiger partial charge in [-0.3, -0.25) is 0 Å². The first-order valence-electron chi connectivity index (χ1n) is 6.22. The summed E-state index contributed by atoms with van der Waals surface area (Å²) in [7, 11) is 0. The topological polar surface area (TPSA) is 47.6 Å². The Bertz CT molecular complexity index is 398. The highest BCUT2D eigenvalue weighted by Gasteiger charge is 2.15. The first kappa shape index (κ1) is 16.1. The van der Waals surface area contributed by atoms with Gasteiger partial charge in [0.1, 0.15) is 11.4 Å². The number of halogens is 1. The molecule has 4 nitrogen and oxygen atoms in total. The van der Waals surface area contributed by atoms with Gasteiger partial charge in [-0.15, -0.1) is 0 Å². The zero-order valence-electron chi connectivity index (χ0n) is 11.5. The molecule has 0 atom stereocenters. The Labute approximate surface area is 128 Å². The Kier molecular flexibility index (Phi) is 6.41. The first-order chi connectivity index (χ1) is 8.87. The lowest BCUT2D eigenvalue weighted by atomic mass is 10.2. The number of hydrogen-bond acceptors (Lipinski definition) is 3. The van der Waals surface area contributed by atoms with E-state index in [1.807, 2.05) is 45.0 Å². The zero-order valence-corrected chi connectivity index (χ0v) is 13.7. The summed E-state index contributed by atoms with van der Waals surface area (Å²) in [6, 6.07) is 7.86. The molecule has 19 heavy (non-hydrogen) atoms. The minimum Gasteiger partial charge on any atom is -0.494 e.